The summed E-state index contributed by atoms with van der Waals surface area (Å²) >= 11 is 6.50. The van der Waals surface area contributed by atoms with Gasteiger partial charge in [-0.2, -0.15) is 0 Å². The fraction of sp³-hybridized carbons (Fsp3) is 0.292. The van der Waals surface area contributed by atoms with Gasteiger partial charge < -0.3 is 15.5 Å². The molecule has 31 heavy (non-hydrogen) atoms. The van der Waals surface area contributed by atoms with Crippen LogP contribution in [0.5, 0.6) is 0 Å². The third-order valence-corrected chi connectivity index (χ3v) is 5.89. The molecule has 1 fully saturated rings. The van der Waals surface area contributed by atoms with E-state index in [0.29, 0.717) is 17.3 Å². The molecule has 2 unspecified atom stereocenters. The first-order valence-electron chi connectivity index (χ1n) is 10.5. The number of piperidine rings is 1. The summed E-state index contributed by atoms with van der Waals surface area (Å²) in [6.45, 7) is 3.61. The van der Waals surface area contributed by atoms with Crippen molar-refractivity contribution in [3.8, 4) is 0 Å². The number of nitrogens with one attached hydrogen (secondary N) is 2. The number of hydrogen-bond acceptors (Lipinski definition) is 5. The predicted octanol–water partition coefficient (Wildman–Crippen LogP) is 5.16. The maximum atomic E-state index is 12.9. The van der Waals surface area contributed by atoms with Gasteiger partial charge in [-0.15, -0.1) is 0 Å². The van der Waals surface area contributed by atoms with Crippen LogP contribution in [0.25, 0.3) is 0 Å². The first-order chi connectivity index (χ1) is 15.1. The van der Waals surface area contributed by atoms with Crippen molar-refractivity contribution in [2.24, 2.45) is 5.92 Å². The van der Waals surface area contributed by atoms with Crippen LogP contribution in [0, 0.1) is 5.92 Å². The fourth-order valence-electron chi connectivity index (χ4n) is 3.87. The topological polar surface area (TPSA) is 70.2 Å². The molecule has 2 atom stereocenters. The van der Waals surface area contributed by atoms with Crippen LogP contribution in [0.4, 0.5) is 17.2 Å². The molecular formula is C24H26ClN5O. The van der Waals surface area contributed by atoms with Crippen molar-refractivity contribution < 1.29 is 4.79 Å². The van der Waals surface area contributed by atoms with Gasteiger partial charge in [-0.1, -0.05) is 41.9 Å². The zero-order valence-electron chi connectivity index (χ0n) is 17.5. The zero-order valence-corrected chi connectivity index (χ0v) is 18.2. The van der Waals surface area contributed by atoms with Crippen LogP contribution in [0.3, 0.4) is 0 Å². The van der Waals surface area contributed by atoms with Gasteiger partial charge in [0.2, 0.25) is 5.91 Å². The number of benzene rings is 2. The van der Waals surface area contributed by atoms with Crippen LogP contribution in [0.2, 0.25) is 5.02 Å². The van der Waals surface area contributed by atoms with Gasteiger partial charge in [0.05, 0.1) is 22.8 Å². The van der Waals surface area contributed by atoms with Crippen LogP contribution >= 0.6 is 11.6 Å². The molecule has 2 N–H and O–H groups in total. The number of aromatic nitrogens is 2. The molecular weight excluding hydrogens is 410 g/mol. The minimum Gasteiger partial charge on any atom is -0.377 e. The van der Waals surface area contributed by atoms with E-state index in [1.165, 1.54) is 5.56 Å². The van der Waals surface area contributed by atoms with Gasteiger partial charge >= 0.3 is 0 Å². The summed E-state index contributed by atoms with van der Waals surface area (Å²) in [5, 5.41) is 7.03. The Kier molecular flexibility index (Phi) is 6.67. The van der Waals surface area contributed by atoms with Gasteiger partial charge in [0.15, 0.2) is 0 Å². The Morgan fingerprint density at radius 2 is 2.03 bits per heavy atom. The summed E-state index contributed by atoms with van der Waals surface area (Å²) in [6, 6.07) is 15.9. The van der Waals surface area contributed by atoms with Gasteiger partial charge in [-0.05, 0) is 43.5 Å². The molecule has 2 heterocycles. The Bertz CT molecular complexity index is 1010. The predicted molar refractivity (Wildman–Crippen MR) is 126 cm³/mol. The lowest BCUT2D eigenvalue weighted by atomic mass is 9.97. The largest absolute Gasteiger partial charge is 0.377 e. The lowest BCUT2D eigenvalue weighted by Gasteiger charge is -2.32. The highest BCUT2D eigenvalue weighted by molar-refractivity contribution is 6.33. The molecule has 6 nitrogen and oxygen atoms in total. The molecule has 1 aromatic heterocycles. The number of carbonyl (C=O) groups is 1. The molecule has 1 saturated heterocycles. The van der Waals surface area contributed by atoms with Gasteiger partial charge in [0.25, 0.3) is 0 Å². The van der Waals surface area contributed by atoms with E-state index in [9.17, 15) is 4.79 Å². The minimum atomic E-state index is -0.106. The average Bonchev–Trinajstić information content (AvgIpc) is 2.82. The SMILES string of the molecule is CC(Nc1ccc(NC(=O)C2CCCN(c3cnccn3)C2)cc1Cl)c1ccccc1. The van der Waals surface area contributed by atoms with E-state index in [1.54, 1.807) is 24.7 Å². The third kappa shape index (κ3) is 5.33. The van der Waals surface area contributed by atoms with E-state index >= 15 is 0 Å². The standard InChI is InChI=1S/C24H26ClN5O/c1-17(18-6-3-2-4-7-18)28-22-10-9-20(14-21(22)25)29-24(31)19-8-5-13-30(16-19)23-15-26-11-12-27-23/h2-4,6-7,9-12,14-15,17,19,28H,5,8,13,16H2,1H3,(H,29,31). The first kappa shape index (κ1) is 21.1. The summed E-state index contributed by atoms with van der Waals surface area (Å²) in [5.74, 6) is 0.708. The van der Waals surface area contributed by atoms with E-state index in [2.05, 4.69) is 44.6 Å². The molecule has 3 aromatic rings. The summed E-state index contributed by atoms with van der Waals surface area (Å²) in [6.07, 6.45) is 6.86. The maximum Gasteiger partial charge on any atom is 0.229 e. The van der Waals surface area contributed by atoms with Crippen LogP contribution in [-0.4, -0.2) is 29.0 Å². The smallest absolute Gasteiger partial charge is 0.229 e. The van der Waals surface area contributed by atoms with E-state index in [4.69, 9.17) is 11.6 Å². The summed E-state index contributed by atoms with van der Waals surface area (Å²) in [5.41, 5.74) is 2.72. The molecule has 0 aliphatic carbocycles. The second-order valence-electron chi connectivity index (χ2n) is 7.81. The molecule has 2 aromatic carbocycles. The highest BCUT2D eigenvalue weighted by Crippen LogP contribution is 2.30. The van der Waals surface area contributed by atoms with Crippen molar-refractivity contribution >= 4 is 34.7 Å². The van der Waals surface area contributed by atoms with Crippen molar-refractivity contribution in [2.45, 2.75) is 25.8 Å². The highest BCUT2D eigenvalue weighted by atomic mass is 35.5. The number of carbonyl (C=O) groups excluding carboxylic acids is 1. The quantitative estimate of drug-likeness (QED) is 0.559. The van der Waals surface area contributed by atoms with E-state index in [0.717, 1.165) is 30.9 Å². The average molecular weight is 436 g/mol. The lowest BCUT2D eigenvalue weighted by Crippen LogP contribution is -2.41. The van der Waals surface area contributed by atoms with Crippen molar-refractivity contribution in [2.75, 3.05) is 28.6 Å². The fourth-order valence-corrected chi connectivity index (χ4v) is 4.10. The molecule has 0 bridgehead atoms. The van der Waals surface area contributed by atoms with Crippen LogP contribution in [0.15, 0.2) is 67.1 Å². The van der Waals surface area contributed by atoms with Gasteiger partial charge in [-0.25, -0.2) is 4.98 Å². The Morgan fingerprint density at radius 1 is 1.19 bits per heavy atom. The van der Waals surface area contributed by atoms with Crippen molar-refractivity contribution in [1.82, 2.24) is 9.97 Å². The Morgan fingerprint density at radius 3 is 2.77 bits per heavy atom. The van der Waals surface area contributed by atoms with Crippen molar-refractivity contribution in [3.63, 3.8) is 0 Å². The monoisotopic (exact) mass is 435 g/mol. The number of anilines is 3. The number of amides is 1. The van der Waals surface area contributed by atoms with Crippen LogP contribution < -0.4 is 15.5 Å². The molecule has 1 aliphatic heterocycles. The molecule has 160 valence electrons. The summed E-state index contributed by atoms with van der Waals surface area (Å²) in [7, 11) is 0. The van der Waals surface area contributed by atoms with E-state index in [-0.39, 0.29) is 17.9 Å². The number of rotatable bonds is 6. The number of hydrogen-bond donors (Lipinski definition) is 2. The molecule has 1 amide bonds. The minimum absolute atomic E-state index is 0.00280. The van der Waals surface area contributed by atoms with Gasteiger partial charge in [0.1, 0.15) is 5.82 Å². The van der Waals surface area contributed by atoms with Crippen LogP contribution in [0.1, 0.15) is 31.4 Å². The highest BCUT2D eigenvalue weighted by Gasteiger charge is 2.26. The van der Waals surface area contributed by atoms with Crippen molar-refractivity contribution in [1.29, 1.82) is 0 Å². The van der Waals surface area contributed by atoms with Gasteiger partial charge in [-0.3, -0.25) is 9.78 Å². The number of nitrogens with zero attached hydrogens (tertiary/aromatic N) is 3. The lowest BCUT2D eigenvalue weighted by molar-refractivity contribution is -0.120. The van der Waals surface area contributed by atoms with Crippen molar-refractivity contribution in [3.05, 3.63) is 77.7 Å². The first-order valence-corrected chi connectivity index (χ1v) is 10.9. The Hall–Kier alpha value is -3.12. The van der Waals surface area contributed by atoms with E-state index in [1.807, 2.05) is 30.3 Å². The molecule has 0 saturated carbocycles. The Labute approximate surface area is 187 Å². The normalized spacial score (nSPS) is 17.1. The Balaban J connectivity index is 1.38. The third-order valence-electron chi connectivity index (χ3n) is 5.57. The maximum absolute atomic E-state index is 12.9. The number of halogens is 1. The summed E-state index contributed by atoms with van der Waals surface area (Å²) in [4.78, 5) is 23.5. The molecule has 4 rings (SSSR count). The molecule has 1 aliphatic rings. The van der Waals surface area contributed by atoms with Crippen LogP contribution in [-0.2, 0) is 4.79 Å². The second-order valence-corrected chi connectivity index (χ2v) is 8.22. The summed E-state index contributed by atoms with van der Waals surface area (Å²) < 4.78 is 0. The molecule has 0 radical (unpaired) electrons. The molecule has 0 spiro atoms. The second kappa shape index (κ2) is 9.79. The zero-order chi connectivity index (χ0) is 21.6. The van der Waals surface area contributed by atoms with Gasteiger partial charge in [0, 0.05) is 37.2 Å². The molecule has 7 heteroatoms. The van der Waals surface area contributed by atoms with E-state index < -0.39 is 0 Å².